The second kappa shape index (κ2) is 11.5. The summed E-state index contributed by atoms with van der Waals surface area (Å²) in [5.41, 5.74) is 11.5. The zero-order chi connectivity index (χ0) is 26.5. The first-order valence-corrected chi connectivity index (χ1v) is 12.9. The molecule has 2 aromatic heterocycles. The van der Waals surface area contributed by atoms with E-state index >= 15 is 0 Å². The lowest BCUT2D eigenvalue weighted by molar-refractivity contribution is 0.0614. The quantitative estimate of drug-likeness (QED) is 0.350. The summed E-state index contributed by atoms with van der Waals surface area (Å²) in [6.45, 7) is 9.14. The highest BCUT2D eigenvalue weighted by Crippen LogP contribution is 2.32. The van der Waals surface area contributed by atoms with Crippen molar-refractivity contribution in [2.24, 2.45) is 11.7 Å². The van der Waals surface area contributed by atoms with Crippen LogP contribution in [0, 0.1) is 19.8 Å². The number of nitrogens with zero attached hydrogens (tertiary/aromatic N) is 3. The van der Waals surface area contributed by atoms with Crippen molar-refractivity contribution in [2.75, 3.05) is 13.1 Å². The van der Waals surface area contributed by atoms with Crippen molar-refractivity contribution in [3.63, 3.8) is 0 Å². The smallest absolute Gasteiger partial charge is 0.261 e. The van der Waals surface area contributed by atoms with Crippen LogP contribution in [-0.4, -0.2) is 33.3 Å². The molecule has 2 heterocycles. The van der Waals surface area contributed by atoms with Crippen LogP contribution in [0.5, 0.6) is 0 Å². The van der Waals surface area contributed by atoms with Gasteiger partial charge in [0, 0.05) is 30.3 Å². The SMILES string of the molecule is Cc1ccc(C(=O)N(CCCN)C(c2nc3ccccn3c(=O)c2Cc2cccc(C)c2)C(C)C)cc1. The Morgan fingerprint density at radius 3 is 2.43 bits per heavy atom. The zero-order valence-electron chi connectivity index (χ0n) is 22.1. The van der Waals surface area contributed by atoms with Gasteiger partial charge >= 0.3 is 0 Å². The lowest BCUT2D eigenvalue weighted by Crippen LogP contribution is -2.41. The normalized spacial score (nSPS) is 12.2. The van der Waals surface area contributed by atoms with Crippen LogP contribution < -0.4 is 11.3 Å². The Hall–Kier alpha value is -3.77. The van der Waals surface area contributed by atoms with Crippen molar-refractivity contribution in [1.82, 2.24) is 14.3 Å². The van der Waals surface area contributed by atoms with E-state index in [9.17, 15) is 9.59 Å². The first kappa shape index (κ1) is 26.3. The Labute approximate surface area is 218 Å². The monoisotopic (exact) mass is 496 g/mol. The van der Waals surface area contributed by atoms with Gasteiger partial charge in [-0.05, 0) is 62.6 Å². The highest BCUT2D eigenvalue weighted by molar-refractivity contribution is 5.94. The number of benzene rings is 2. The van der Waals surface area contributed by atoms with Gasteiger partial charge in [0.2, 0.25) is 0 Å². The number of aromatic nitrogens is 2. The molecule has 2 aromatic carbocycles. The van der Waals surface area contributed by atoms with E-state index in [0.717, 1.165) is 16.7 Å². The van der Waals surface area contributed by atoms with Gasteiger partial charge in [0.15, 0.2) is 0 Å². The summed E-state index contributed by atoms with van der Waals surface area (Å²) in [7, 11) is 0. The van der Waals surface area contributed by atoms with Crippen LogP contribution in [0.3, 0.4) is 0 Å². The van der Waals surface area contributed by atoms with Crippen molar-refractivity contribution < 1.29 is 4.79 Å². The van der Waals surface area contributed by atoms with Crippen molar-refractivity contribution in [3.8, 4) is 0 Å². The predicted octanol–water partition coefficient (Wildman–Crippen LogP) is 5.09. The van der Waals surface area contributed by atoms with Gasteiger partial charge in [-0.1, -0.05) is 67.4 Å². The highest BCUT2D eigenvalue weighted by Gasteiger charge is 2.32. The molecule has 1 amide bonds. The topological polar surface area (TPSA) is 80.7 Å². The molecular weight excluding hydrogens is 460 g/mol. The van der Waals surface area contributed by atoms with E-state index in [2.05, 4.69) is 19.9 Å². The molecule has 0 aliphatic carbocycles. The van der Waals surface area contributed by atoms with Gasteiger partial charge in [-0.25, -0.2) is 4.98 Å². The molecule has 4 rings (SSSR count). The number of pyridine rings is 1. The Morgan fingerprint density at radius 2 is 1.76 bits per heavy atom. The Bertz CT molecular complexity index is 1440. The molecule has 6 heteroatoms. The number of rotatable bonds is 9. The molecule has 4 aromatic rings. The third kappa shape index (κ3) is 5.81. The van der Waals surface area contributed by atoms with Crippen LogP contribution in [0.2, 0.25) is 0 Å². The van der Waals surface area contributed by atoms with Gasteiger partial charge < -0.3 is 10.6 Å². The molecule has 0 spiro atoms. The van der Waals surface area contributed by atoms with Crippen LogP contribution in [0.15, 0.2) is 77.7 Å². The summed E-state index contributed by atoms with van der Waals surface area (Å²) < 4.78 is 1.60. The number of carbonyl (C=O) groups excluding carboxylic acids is 1. The van der Waals surface area contributed by atoms with Gasteiger partial charge in [0.1, 0.15) is 5.65 Å². The summed E-state index contributed by atoms with van der Waals surface area (Å²) >= 11 is 0. The van der Waals surface area contributed by atoms with Gasteiger partial charge in [-0.3, -0.25) is 14.0 Å². The van der Waals surface area contributed by atoms with Gasteiger partial charge in [0.25, 0.3) is 11.5 Å². The second-order valence-corrected chi connectivity index (χ2v) is 10.1. The molecule has 0 aliphatic heterocycles. The third-order valence-corrected chi connectivity index (χ3v) is 6.73. The minimum Gasteiger partial charge on any atom is -0.330 e. The van der Waals surface area contributed by atoms with Crippen LogP contribution in [0.1, 0.15) is 64.6 Å². The fraction of sp³-hybridized carbons (Fsp3) is 0.323. The standard InChI is InChI=1S/C31H36N4O2/c1-21(2)29(35(18-8-16-32)30(36)25-14-12-22(3)13-15-25)28-26(20-24-10-7-9-23(4)19-24)31(37)34-17-6-5-11-27(34)33-28/h5-7,9-15,17,19,21,29H,8,16,18,20,32H2,1-4H3. The van der Waals surface area contributed by atoms with Crippen LogP contribution in [0.25, 0.3) is 5.65 Å². The molecule has 6 nitrogen and oxygen atoms in total. The van der Waals surface area contributed by atoms with E-state index in [-0.39, 0.29) is 17.4 Å². The number of carbonyl (C=O) groups is 1. The first-order valence-electron chi connectivity index (χ1n) is 12.9. The Morgan fingerprint density at radius 1 is 1.00 bits per heavy atom. The molecule has 0 aliphatic rings. The van der Waals surface area contributed by atoms with E-state index in [1.807, 2.05) is 79.4 Å². The first-order chi connectivity index (χ1) is 17.8. The third-order valence-electron chi connectivity index (χ3n) is 6.73. The average Bonchev–Trinajstić information content (AvgIpc) is 2.88. The maximum atomic E-state index is 13.9. The Balaban J connectivity index is 1.91. The number of hydrogen-bond donors (Lipinski definition) is 1. The molecule has 0 saturated heterocycles. The van der Waals surface area contributed by atoms with Gasteiger partial charge in [-0.2, -0.15) is 0 Å². The van der Waals surface area contributed by atoms with E-state index < -0.39 is 6.04 Å². The lowest BCUT2D eigenvalue weighted by Gasteiger charge is -2.35. The maximum absolute atomic E-state index is 13.9. The van der Waals surface area contributed by atoms with E-state index in [1.54, 1.807) is 10.6 Å². The lowest BCUT2D eigenvalue weighted by atomic mass is 9.91. The zero-order valence-corrected chi connectivity index (χ0v) is 22.1. The van der Waals surface area contributed by atoms with E-state index in [0.29, 0.717) is 48.4 Å². The Kier molecular flexibility index (Phi) is 8.19. The largest absolute Gasteiger partial charge is 0.330 e. The summed E-state index contributed by atoms with van der Waals surface area (Å²) in [6.07, 6.45) is 2.84. The minimum atomic E-state index is -0.391. The summed E-state index contributed by atoms with van der Waals surface area (Å²) in [4.78, 5) is 34.7. The molecule has 1 atom stereocenters. The summed E-state index contributed by atoms with van der Waals surface area (Å²) in [5, 5.41) is 0. The number of amides is 1. The predicted molar refractivity (Wildman–Crippen MR) is 149 cm³/mol. The summed E-state index contributed by atoms with van der Waals surface area (Å²) in [5.74, 6) is -0.0646. The summed E-state index contributed by atoms with van der Waals surface area (Å²) in [6, 6.07) is 20.9. The fourth-order valence-corrected chi connectivity index (χ4v) is 4.89. The van der Waals surface area contributed by atoms with Gasteiger partial charge in [-0.15, -0.1) is 0 Å². The molecule has 0 radical (unpaired) electrons. The second-order valence-electron chi connectivity index (χ2n) is 10.1. The number of nitrogens with two attached hydrogens (primary N) is 1. The van der Waals surface area contributed by atoms with Crippen molar-refractivity contribution in [3.05, 3.63) is 117 Å². The fourth-order valence-electron chi connectivity index (χ4n) is 4.89. The van der Waals surface area contributed by atoms with Crippen LogP contribution in [0.4, 0.5) is 0 Å². The van der Waals surface area contributed by atoms with E-state index in [1.165, 1.54) is 0 Å². The van der Waals surface area contributed by atoms with Gasteiger partial charge in [0.05, 0.1) is 11.7 Å². The molecule has 0 fully saturated rings. The maximum Gasteiger partial charge on any atom is 0.261 e. The van der Waals surface area contributed by atoms with Crippen molar-refractivity contribution in [2.45, 2.75) is 46.6 Å². The number of hydrogen-bond acceptors (Lipinski definition) is 4. The molecule has 0 bridgehead atoms. The molecule has 1 unspecified atom stereocenters. The highest BCUT2D eigenvalue weighted by atomic mass is 16.2. The van der Waals surface area contributed by atoms with Crippen molar-refractivity contribution in [1.29, 1.82) is 0 Å². The van der Waals surface area contributed by atoms with Crippen LogP contribution >= 0.6 is 0 Å². The molecular formula is C31H36N4O2. The van der Waals surface area contributed by atoms with Crippen LogP contribution in [-0.2, 0) is 6.42 Å². The molecule has 0 saturated carbocycles. The molecule has 192 valence electrons. The van der Waals surface area contributed by atoms with E-state index in [4.69, 9.17) is 10.7 Å². The number of fused-ring (bicyclic) bond motifs is 1. The van der Waals surface area contributed by atoms with Crippen molar-refractivity contribution >= 4 is 11.6 Å². The molecule has 37 heavy (non-hydrogen) atoms. The minimum absolute atomic E-state index is 0.0153. The molecule has 2 N–H and O–H groups in total. The average molecular weight is 497 g/mol. The number of aryl methyl sites for hydroxylation is 2.